The third-order valence-electron chi connectivity index (χ3n) is 3.41. The second-order valence-corrected chi connectivity index (χ2v) is 5.76. The summed E-state index contributed by atoms with van der Waals surface area (Å²) in [5.74, 6) is -0.197. The lowest BCUT2D eigenvalue weighted by Gasteiger charge is -2.14. The standard InChI is InChI=1S/C19H20N2O4S/c1-24-18(23)12-11-17(22)21-19(26)20-15-9-5-6-10-16(15)25-13-14-7-3-2-4-8-14/h2-10H,11-13H2,1H3,(H2,20,21,22,26). The summed E-state index contributed by atoms with van der Waals surface area (Å²) in [6.45, 7) is 0.414. The zero-order valence-electron chi connectivity index (χ0n) is 14.4. The van der Waals surface area contributed by atoms with Crippen LogP contribution in [0.15, 0.2) is 54.6 Å². The second kappa shape index (κ2) is 10.1. The molecule has 0 aliphatic heterocycles. The lowest BCUT2D eigenvalue weighted by molar-refractivity contribution is -0.142. The number of benzene rings is 2. The fourth-order valence-electron chi connectivity index (χ4n) is 2.09. The van der Waals surface area contributed by atoms with E-state index in [1.54, 1.807) is 6.07 Å². The zero-order chi connectivity index (χ0) is 18.8. The third kappa shape index (κ3) is 6.52. The minimum Gasteiger partial charge on any atom is -0.487 e. The smallest absolute Gasteiger partial charge is 0.306 e. The Hall–Kier alpha value is -2.93. The van der Waals surface area contributed by atoms with Gasteiger partial charge in [0.25, 0.3) is 0 Å². The number of hydrogen-bond donors (Lipinski definition) is 2. The summed E-state index contributed by atoms with van der Waals surface area (Å²) in [6.07, 6.45) is 0.00235. The number of nitrogens with one attached hydrogen (secondary N) is 2. The van der Waals surface area contributed by atoms with Crippen molar-refractivity contribution < 1.29 is 19.1 Å². The van der Waals surface area contributed by atoms with E-state index >= 15 is 0 Å². The molecule has 136 valence electrons. The van der Waals surface area contributed by atoms with Crippen molar-refractivity contribution in [1.29, 1.82) is 0 Å². The van der Waals surface area contributed by atoms with Crippen molar-refractivity contribution in [3.8, 4) is 5.75 Å². The molecule has 0 bridgehead atoms. The Balaban J connectivity index is 1.89. The minimum absolute atomic E-state index is 0.000642. The molecule has 0 aliphatic carbocycles. The summed E-state index contributed by atoms with van der Waals surface area (Å²) < 4.78 is 10.3. The molecule has 26 heavy (non-hydrogen) atoms. The Morgan fingerprint density at radius 1 is 1.00 bits per heavy atom. The topological polar surface area (TPSA) is 76.7 Å². The van der Waals surface area contributed by atoms with Crippen LogP contribution < -0.4 is 15.4 Å². The molecule has 0 aliphatic rings. The van der Waals surface area contributed by atoms with E-state index in [1.807, 2.05) is 48.5 Å². The maximum Gasteiger partial charge on any atom is 0.306 e. The third-order valence-corrected chi connectivity index (χ3v) is 3.61. The van der Waals surface area contributed by atoms with Crippen molar-refractivity contribution in [3.63, 3.8) is 0 Å². The van der Waals surface area contributed by atoms with E-state index in [2.05, 4.69) is 15.4 Å². The molecule has 6 nitrogen and oxygen atoms in total. The van der Waals surface area contributed by atoms with Gasteiger partial charge in [-0.2, -0.15) is 0 Å². The number of thiocarbonyl (C=S) groups is 1. The average Bonchev–Trinajstić information content (AvgIpc) is 2.66. The molecule has 2 aromatic carbocycles. The van der Waals surface area contributed by atoms with E-state index in [1.165, 1.54) is 7.11 Å². The molecule has 0 atom stereocenters. The zero-order valence-corrected chi connectivity index (χ0v) is 15.2. The summed E-state index contributed by atoms with van der Waals surface area (Å²) in [7, 11) is 1.28. The Kier molecular flexibility index (Phi) is 7.57. The normalized spacial score (nSPS) is 9.88. The number of ether oxygens (including phenoxy) is 2. The highest BCUT2D eigenvalue weighted by atomic mass is 32.1. The number of amides is 1. The predicted octanol–water partition coefficient (Wildman–Crippen LogP) is 3.03. The van der Waals surface area contributed by atoms with Gasteiger partial charge in [-0.05, 0) is 29.9 Å². The number of rotatable bonds is 7. The lowest BCUT2D eigenvalue weighted by Crippen LogP contribution is -2.34. The number of carbonyl (C=O) groups excluding carboxylic acids is 2. The molecule has 1 amide bonds. The Bertz CT molecular complexity index is 765. The van der Waals surface area contributed by atoms with Gasteiger partial charge in [0, 0.05) is 6.42 Å². The van der Waals surface area contributed by atoms with E-state index in [9.17, 15) is 9.59 Å². The van der Waals surface area contributed by atoms with Crippen LogP contribution in [0.4, 0.5) is 5.69 Å². The van der Waals surface area contributed by atoms with Gasteiger partial charge >= 0.3 is 5.97 Å². The van der Waals surface area contributed by atoms with Crippen molar-refractivity contribution in [2.24, 2.45) is 0 Å². The molecule has 2 rings (SSSR count). The van der Waals surface area contributed by atoms with Gasteiger partial charge in [-0.1, -0.05) is 42.5 Å². The highest BCUT2D eigenvalue weighted by molar-refractivity contribution is 7.80. The minimum atomic E-state index is -0.446. The second-order valence-electron chi connectivity index (χ2n) is 5.35. The summed E-state index contributed by atoms with van der Waals surface area (Å²) in [5, 5.41) is 5.60. The molecule has 0 fully saturated rings. The number of anilines is 1. The van der Waals surface area contributed by atoms with Crippen LogP contribution in [0.3, 0.4) is 0 Å². The van der Waals surface area contributed by atoms with Crippen LogP contribution in [0.25, 0.3) is 0 Å². The first kappa shape index (κ1) is 19.4. The summed E-state index contributed by atoms with van der Waals surface area (Å²) >= 11 is 5.14. The summed E-state index contributed by atoms with van der Waals surface area (Å²) in [6, 6.07) is 17.1. The molecule has 0 saturated heterocycles. The van der Waals surface area contributed by atoms with Gasteiger partial charge in [-0.15, -0.1) is 0 Å². The molecule has 0 radical (unpaired) electrons. The first-order valence-corrected chi connectivity index (χ1v) is 8.42. The van der Waals surface area contributed by atoms with Crippen LogP contribution in [0, 0.1) is 0 Å². The largest absolute Gasteiger partial charge is 0.487 e. The molecule has 7 heteroatoms. The first-order valence-electron chi connectivity index (χ1n) is 8.02. The molecular weight excluding hydrogens is 352 g/mol. The number of para-hydroxylation sites is 2. The van der Waals surface area contributed by atoms with E-state index in [-0.39, 0.29) is 23.9 Å². The van der Waals surface area contributed by atoms with Crippen molar-refractivity contribution in [2.45, 2.75) is 19.4 Å². The number of methoxy groups -OCH3 is 1. The predicted molar refractivity (Wildman–Crippen MR) is 103 cm³/mol. The molecule has 0 unspecified atom stereocenters. The summed E-state index contributed by atoms with van der Waals surface area (Å²) in [4.78, 5) is 22.8. The molecule has 2 aromatic rings. The molecule has 0 saturated carbocycles. The summed E-state index contributed by atoms with van der Waals surface area (Å²) in [5.41, 5.74) is 1.68. The number of hydrogen-bond acceptors (Lipinski definition) is 5. The average molecular weight is 372 g/mol. The van der Waals surface area contributed by atoms with E-state index in [0.29, 0.717) is 18.0 Å². The Morgan fingerprint density at radius 2 is 1.69 bits per heavy atom. The highest BCUT2D eigenvalue weighted by Gasteiger charge is 2.10. The van der Waals surface area contributed by atoms with Crippen molar-refractivity contribution >= 4 is 34.9 Å². The maximum absolute atomic E-state index is 11.8. The maximum atomic E-state index is 11.8. The van der Waals surface area contributed by atoms with Crippen LogP contribution in [0.1, 0.15) is 18.4 Å². The van der Waals surface area contributed by atoms with Gasteiger partial charge in [-0.3, -0.25) is 9.59 Å². The number of esters is 1. The fourth-order valence-corrected chi connectivity index (χ4v) is 2.32. The van der Waals surface area contributed by atoms with Crippen LogP contribution in [0.5, 0.6) is 5.75 Å². The van der Waals surface area contributed by atoms with E-state index in [4.69, 9.17) is 17.0 Å². The fraction of sp³-hybridized carbons (Fsp3) is 0.211. The molecule has 0 spiro atoms. The van der Waals surface area contributed by atoms with Gasteiger partial charge in [-0.25, -0.2) is 0 Å². The first-order chi connectivity index (χ1) is 12.6. The van der Waals surface area contributed by atoms with Crippen molar-refractivity contribution in [3.05, 3.63) is 60.2 Å². The van der Waals surface area contributed by atoms with Gasteiger partial charge in [0.1, 0.15) is 12.4 Å². The van der Waals surface area contributed by atoms with E-state index < -0.39 is 5.97 Å². The van der Waals surface area contributed by atoms with Gasteiger partial charge in [0.15, 0.2) is 5.11 Å². The van der Waals surface area contributed by atoms with Crippen LogP contribution in [0.2, 0.25) is 0 Å². The monoisotopic (exact) mass is 372 g/mol. The molecule has 0 heterocycles. The highest BCUT2D eigenvalue weighted by Crippen LogP contribution is 2.24. The molecule has 0 aromatic heterocycles. The SMILES string of the molecule is COC(=O)CCC(=O)NC(=S)Nc1ccccc1OCc1ccccc1. The Labute approximate surface area is 157 Å². The van der Waals surface area contributed by atoms with Gasteiger partial charge in [0.2, 0.25) is 5.91 Å². The lowest BCUT2D eigenvalue weighted by atomic mass is 10.2. The Morgan fingerprint density at radius 3 is 2.42 bits per heavy atom. The molecular formula is C19H20N2O4S. The van der Waals surface area contributed by atoms with Crippen molar-refractivity contribution in [2.75, 3.05) is 12.4 Å². The van der Waals surface area contributed by atoms with Crippen LogP contribution in [-0.4, -0.2) is 24.1 Å². The van der Waals surface area contributed by atoms with Gasteiger partial charge in [0.05, 0.1) is 19.2 Å². The molecule has 2 N–H and O–H groups in total. The van der Waals surface area contributed by atoms with Crippen molar-refractivity contribution in [1.82, 2.24) is 5.32 Å². The quantitative estimate of drug-likeness (QED) is 0.575. The number of carbonyl (C=O) groups is 2. The van der Waals surface area contributed by atoms with Crippen LogP contribution in [-0.2, 0) is 20.9 Å². The van der Waals surface area contributed by atoms with Crippen LogP contribution >= 0.6 is 12.2 Å². The van der Waals surface area contributed by atoms with E-state index in [0.717, 1.165) is 5.56 Å². The van der Waals surface area contributed by atoms with Gasteiger partial charge < -0.3 is 20.1 Å².